The van der Waals surface area contributed by atoms with Crippen LogP contribution in [0.1, 0.15) is 133 Å². The van der Waals surface area contributed by atoms with Crippen molar-refractivity contribution >= 4 is 16.8 Å². The van der Waals surface area contributed by atoms with Gasteiger partial charge in [-0.15, -0.1) is 0 Å². The molecule has 0 aliphatic rings. The zero-order valence-corrected chi connectivity index (χ0v) is 23.4. The summed E-state index contributed by atoms with van der Waals surface area (Å²) in [6.45, 7) is 5.98. The van der Waals surface area contributed by atoms with Crippen LogP contribution < -0.4 is 0 Å². The highest BCUT2D eigenvalue weighted by Crippen LogP contribution is 2.21. The van der Waals surface area contributed by atoms with E-state index in [0.717, 1.165) is 37.0 Å². The van der Waals surface area contributed by atoms with E-state index >= 15 is 0 Å². The fourth-order valence-corrected chi connectivity index (χ4v) is 5.04. The molecule has 2 aromatic rings. The number of aryl methyl sites for hydroxylation is 2. The van der Waals surface area contributed by atoms with Crippen LogP contribution in [0, 0.1) is 0 Å². The minimum Gasteiger partial charge on any atom is -0.328 e. The number of unbranched alkanes of at least 4 members (excludes halogenated alkanes) is 14. The number of ketones is 1. The Balaban J connectivity index is 1.66. The number of carbonyl (C=O) groups excluding carboxylic acids is 1. The minimum absolute atomic E-state index is 0.109. The summed E-state index contributed by atoms with van der Waals surface area (Å²) in [6, 6.07) is 6.01. The van der Waals surface area contributed by atoms with Gasteiger partial charge in [0.2, 0.25) is 0 Å². The summed E-state index contributed by atoms with van der Waals surface area (Å²) in [5, 5.41) is 0. The van der Waals surface area contributed by atoms with Gasteiger partial charge in [-0.1, -0.05) is 96.8 Å². The van der Waals surface area contributed by atoms with Crippen LogP contribution in [-0.4, -0.2) is 40.9 Å². The van der Waals surface area contributed by atoms with Gasteiger partial charge in [0.25, 0.3) is 0 Å². The van der Waals surface area contributed by atoms with Crippen molar-refractivity contribution in [2.24, 2.45) is 0 Å². The maximum absolute atomic E-state index is 11.8. The Hall–Kier alpha value is -1.68. The van der Waals surface area contributed by atoms with Crippen molar-refractivity contribution in [3.63, 3.8) is 0 Å². The van der Waals surface area contributed by atoms with Gasteiger partial charge in [-0.05, 0) is 58.6 Å². The van der Waals surface area contributed by atoms with Crippen molar-refractivity contribution in [3.05, 3.63) is 29.6 Å². The SMILES string of the molecule is CCCCCCCCCCCCCCCCCc1nc2cc(C(C)=O)ccc2n1CCCN(C)C. The van der Waals surface area contributed by atoms with Gasteiger partial charge >= 0.3 is 0 Å². The molecule has 4 nitrogen and oxygen atoms in total. The van der Waals surface area contributed by atoms with E-state index in [0.29, 0.717) is 0 Å². The first-order valence-corrected chi connectivity index (χ1v) is 14.7. The number of hydrogen-bond acceptors (Lipinski definition) is 3. The van der Waals surface area contributed by atoms with Crippen molar-refractivity contribution in [1.29, 1.82) is 0 Å². The summed E-state index contributed by atoms with van der Waals surface area (Å²) in [4.78, 5) is 19.0. The summed E-state index contributed by atoms with van der Waals surface area (Å²) in [6.07, 6.45) is 23.0. The first kappa shape index (κ1) is 29.5. The predicted octanol–water partition coefficient (Wildman–Crippen LogP) is 8.60. The largest absolute Gasteiger partial charge is 0.328 e. The van der Waals surface area contributed by atoms with Crippen LogP contribution in [0.3, 0.4) is 0 Å². The maximum atomic E-state index is 11.8. The summed E-state index contributed by atoms with van der Waals surface area (Å²) in [5.74, 6) is 1.30. The Bertz CT molecular complexity index is 839. The van der Waals surface area contributed by atoms with E-state index in [-0.39, 0.29) is 5.78 Å². The van der Waals surface area contributed by atoms with E-state index in [2.05, 4.69) is 36.6 Å². The Kier molecular flexibility index (Phi) is 14.9. The van der Waals surface area contributed by atoms with E-state index in [1.807, 2.05) is 12.1 Å². The molecule has 0 saturated heterocycles. The number of benzene rings is 1. The second kappa shape index (κ2) is 17.7. The second-order valence-electron chi connectivity index (χ2n) is 10.8. The van der Waals surface area contributed by atoms with Crippen molar-refractivity contribution in [1.82, 2.24) is 14.5 Å². The Morgan fingerprint density at radius 3 is 1.86 bits per heavy atom. The average Bonchev–Trinajstić information content (AvgIpc) is 3.18. The molecule has 2 rings (SSSR count). The summed E-state index contributed by atoms with van der Waals surface area (Å²) >= 11 is 0. The van der Waals surface area contributed by atoms with Crippen molar-refractivity contribution < 1.29 is 4.79 Å². The van der Waals surface area contributed by atoms with Gasteiger partial charge in [-0.25, -0.2) is 4.98 Å². The summed E-state index contributed by atoms with van der Waals surface area (Å²) in [7, 11) is 4.25. The van der Waals surface area contributed by atoms with E-state index in [1.165, 1.54) is 108 Å². The second-order valence-corrected chi connectivity index (χ2v) is 10.8. The smallest absolute Gasteiger partial charge is 0.159 e. The topological polar surface area (TPSA) is 38.1 Å². The predicted molar refractivity (Wildman–Crippen MR) is 152 cm³/mol. The third-order valence-corrected chi connectivity index (χ3v) is 7.22. The van der Waals surface area contributed by atoms with Crippen LogP contribution in [0.4, 0.5) is 0 Å². The van der Waals surface area contributed by atoms with Crippen LogP contribution in [-0.2, 0) is 13.0 Å². The Labute approximate surface area is 215 Å². The molecule has 198 valence electrons. The number of rotatable bonds is 21. The molecule has 1 aromatic carbocycles. The first-order chi connectivity index (χ1) is 17.0. The van der Waals surface area contributed by atoms with Gasteiger partial charge in [0.1, 0.15) is 5.82 Å². The Morgan fingerprint density at radius 2 is 1.34 bits per heavy atom. The molecule has 0 atom stereocenters. The molecular formula is C31H53N3O. The van der Waals surface area contributed by atoms with Crippen molar-refractivity contribution in [3.8, 4) is 0 Å². The van der Waals surface area contributed by atoms with Gasteiger partial charge in [0.05, 0.1) is 11.0 Å². The Morgan fingerprint density at radius 1 is 0.800 bits per heavy atom. The molecule has 0 spiro atoms. The van der Waals surface area contributed by atoms with E-state index in [1.54, 1.807) is 6.92 Å². The van der Waals surface area contributed by atoms with E-state index in [4.69, 9.17) is 4.98 Å². The molecule has 0 aliphatic carbocycles. The number of fused-ring (bicyclic) bond motifs is 1. The molecule has 0 aliphatic heterocycles. The zero-order valence-electron chi connectivity index (χ0n) is 23.4. The van der Waals surface area contributed by atoms with E-state index < -0.39 is 0 Å². The molecule has 0 bridgehead atoms. The normalized spacial score (nSPS) is 11.7. The number of hydrogen-bond donors (Lipinski definition) is 0. The number of nitrogens with zero attached hydrogens (tertiary/aromatic N) is 3. The molecule has 4 heteroatoms. The lowest BCUT2D eigenvalue weighted by atomic mass is 10.0. The molecule has 1 aromatic heterocycles. The van der Waals surface area contributed by atoms with Gasteiger partial charge in [-0.2, -0.15) is 0 Å². The maximum Gasteiger partial charge on any atom is 0.159 e. The van der Waals surface area contributed by atoms with Gasteiger partial charge in [-0.3, -0.25) is 4.79 Å². The summed E-state index contributed by atoms with van der Waals surface area (Å²) < 4.78 is 2.40. The molecule has 1 heterocycles. The van der Waals surface area contributed by atoms with Crippen LogP contribution in [0.2, 0.25) is 0 Å². The highest BCUT2D eigenvalue weighted by Gasteiger charge is 2.12. The third kappa shape index (κ3) is 11.7. The van der Waals surface area contributed by atoms with Crippen molar-refractivity contribution in [2.45, 2.75) is 130 Å². The minimum atomic E-state index is 0.109. The lowest BCUT2D eigenvalue weighted by molar-refractivity contribution is 0.101. The first-order valence-electron chi connectivity index (χ1n) is 14.7. The van der Waals surface area contributed by atoms with Gasteiger partial charge < -0.3 is 9.47 Å². The molecular weight excluding hydrogens is 430 g/mol. The molecule has 35 heavy (non-hydrogen) atoms. The average molecular weight is 484 g/mol. The molecule has 0 fully saturated rings. The lowest BCUT2D eigenvalue weighted by Crippen LogP contribution is -2.16. The van der Waals surface area contributed by atoms with Crippen LogP contribution >= 0.6 is 0 Å². The van der Waals surface area contributed by atoms with Crippen LogP contribution in [0.15, 0.2) is 18.2 Å². The fourth-order valence-electron chi connectivity index (χ4n) is 5.04. The third-order valence-electron chi connectivity index (χ3n) is 7.22. The highest BCUT2D eigenvalue weighted by atomic mass is 16.1. The quantitative estimate of drug-likeness (QED) is 0.132. The summed E-state index contributed by atoms with van der Waals surface area (Å²) in [5.41, 5.74) is 2.90. The highest BCUT2D eigenvalue weighted by molar-refractivity contribution is 5.97. The molecule has 0 N–H and O–H groups in total. The fraction of sp³-hybridized carbons (Fsp3) is 0.742. The van der Waals surface area contributed by atoms with Crippen LogP contribution in [0.5, 0.6) is 0 Å². The molecule has 0 amide bonds. The molecule has 0 saturated carbocycles. The number of carbonyl (C=O) groups is 1. The number of Topliss-reactive ketones (excluding diaryl/α,β-unsaturated/α-hetero) is 1. The standard InChI is InChI=1S/C31H53N3O/c1-5-6-7-8-9-10-11-12-13-14-15-16-17-18-19-21-31-32-29-26-28(27(2)35)22-23-30(29)34(31)25-20-24-33(3)4/h22-23,26H,5-21,24-25H2,1-4H3. The zero-order chi connectivity index (χ0) is 25.3. The van der Waals surface area contributed by atoms with Crippen molar-refractivity contribution in [2.75, 3.05) is 20.6 Å². The number of aromatic nitrogens is 2. The molecule has 0 radical (unpaired) electrons. The van der Waals surface area contributed by atoms with Gasteiger partial charge in [0.15, 0.2) is 5.78 Å². The van der Waals surface area contributed by atoms with Crippen LogP contribution in [0.25, 0.3) is 11.0 Å². The lowest BCUT2D eigenvalue weighted by Gasteiger charge is -2.12. The van der Waals surface area contributed by atoms with Gasteiger partial charge in [0, 0.05) is 18.5 Å². The van der Waals surface area contributed by atoms with E-state index in [9.17, 15) is 4.79 Å². The number of imidazole rings is 1. The molecule has 0 unspecified atom stereocenters. The monoisotopic (exact) mass is 483 g/mol.